The summed E-state index contributed by atoms with van der Waals surface area (Å²) in [5, 5.41) is 6.17. The number of para-hydroxylation sites is 1. The van der Waals surface area contributed by atoms with Crippen LogP contribution in [0.3, 0.4) is 0 Å². The summed E-state index contributed by atoms with van der Waals surface area (Å²) < 4.78 is 2.52. The molecule has 0 fully saturated rings. The predicted molar refractivity (Wildman–Crippen MR) is 246 cm³/mol. The van der Waals surface area contributed by atoms with Gasteiger partial charge < -0.3 is 9.30 Å². The number of nitrogens with zero attached hydrogens (tertiary/aromatic N) is 2. The van der Waals surface area contributed by atoms with E-state index in [0.717, 1.165) is 22.6 Å². The largest absolute Gasteiger partial charge is 0.310 e. The van der Waals surface area contributed by atoms with Gasteiger partial charge in [-0.15, -0.1) is 0 Å². The number of hydrogen-bond acceptors (Lipinski definition) is 1. The summed E-state index contributed by atoms with van der Waals surface area (Å²) in [5.74, 6) is 0. The number of aromatic nitrogens is 1. The highest BCUT2D eigenvalue weighted by Crippen LogP contribution is 2.49. The van der Waals surface area contributed by atoms with E-state index in [2.05, 4.69) is 240 Å². The van der Waals surface area contributed by atoms with Gasteiger partial charge in [-0.25, -0.2) is 0 Å². The Balaban J connectivity index is 1.16. The van der Waals surface area contributed by atoms with Crippen LogP contribution in [0.25, 0.3) is 82.6 Å². The maximum absolute atomic E-state index is 2.52. The summed E-state index contributed by atoms with van der Waals surface area (Å²) in [6, 6.07) is 83.6. The average Bonchev–Trinajstić information content (AvgIpc) is 3.67. The molecule has 0 aliphatic heterocycles. The van der Waals surface area contributed by atoms with Crippen molar-refractivity contribution in [3.05, 3.63) is 231 Å². The average molecular weight is 739 g/mol. The lowest BCUT2D eigenvalue weighted by Gasteiger charge is -2.26. The van der Waals surface area contributed by atoms with E-state index < -0.39 is 0 Å². The molecule has 0 radical (unpaired) electrons. The van der Waals surface area contributed by atoms with Crippen LogP contribution < -0.4 is 4.90 Å². The Morgan fingerprint density at radius 2 is 0.759 bits per heavy atom. The van der Waals surface area contributed by atoms with E-state index in [9.17, 15) is 0 Å². The SMILES string of the molecule is c1ccc(-c2ccc(N(c3ccc(-c4c(-c5ccccc5)c5c6ccccc6c6ccccc6n5c4-c4ccccc4)cc3)c3ccc4ccccc4c3)cc2)cc1. The summed E-state index contributed by atoms with van der Waals surface area (Å²) >= 11 is 0. The molecular weight excluding hydrogens is 701 g/mol. The quantitative estimate of drug-likeness (QED) is 0.148. The van der Waals surface area contributed by atoms with Gasteiger partial charge in [-0.2, -0.15) is 0 Å². The van der Waals surface area contributed by atoms with Crippen molar-refractivity contribution >= 4 is 55.0 Å². The van der Waals surface area contributed by atoms with Crippen LogP contribution in [0.5, 0.6) is 0 Å². The minimum absolute atomic E-state index is 1.09. The molecule has 0 N–H and O–H groups in total. The van der Waals surface area contributed by atoms with Gasteiger partial charge in [0.1, 0.15) is 0 Å². The topological polar surface area (TPSA) is 7.65 Å². The third kappa shape index (κ3) is 5.66. The van der Waals surface area contributed by atoms with E-state index in [1.807, 2.05) is 0 Å². The fraction of sp³-hybridized carbons (Fsp3) is 0. The Morgan fingerprint density at radius 3 is 1.43 bits per heavy atom. The van der Waals surface area contributed by atoms with Gasteiger partial charge in [0.05, 0.1) is 16.7 Å². The van der Waals surface area contributed by atoms with Crippen LogP contribution in [0.1, 0.15) is 0 Å². The molecule has 58 heavy (non-hydrogen) atoms. The number of fused-ring (bicyclic) bond motifs is 7. The summed E-state index contributed by atoms with van der Waals surface area (Å²) in [6.45, 7) is 0. The molecule has 0 spiro atoms. The van der Waals surface area contributed by atoms with Crippen molar-refractivity contribution in [2.75, 3.05) is 4.90 Å². The maximum atomic E-state index is 2.52. The Hall–Kier alpha value is -7.68. The van der Waals surface area contributed by atoms with Crippen molar-refractivity contribution < 1.29 is 0 Å². The Morgan fingerprint density at radius 1 is 0.293 bits per heavy atom. The van der Waals surface area contributed by atoms with Gasteiger partial charge in [-0.1, -0.05) is 188 Å². The molecule has 11 aromatic rings. The predicted octanol–water partition coefficient (Wildman–Crippen LogP) is 15.5. The van der Waals surface area contributed by atoms with Gasteiger partial charge in [0.15, 0.2) is 0 Å². The van der Waals surface area contributed by atoms with Crippen molar-refractivity contribution in [2.24, 2.45) is 0 Å². The smallest absolute Gasteiger partial charge is 0.0626 e. The first kappa shape index (κ1) is 33.6. The molecule has 2 nitrogen and oxygen atoms in total. The highest BCUT2D eigenvalue weighted by atomic mass is 15.1. The molecule has 9 aromatic carbocycles. The molecule has 11 rings (SSSR count). The number of rotatable bonds is 7. The van der Waals surface area contributed by atoms with Crippen LogP contribution >= 0.6 is 0 Å². The Labute approximate surface area is 338 Å². The second-order valence-electron chi connectivity index (χ2n) is 14.9. The molecule has 0 atom stereocenters. The lowest BCUT2D eigenvalue weighted by atomic mass is 9.92. The van der Waals surface area contributed by atoms with Crippen LogP contribution in [0, 0.1) is 0 Å². The Bertz CT molecular complexity index is 3120. The van der Waals surface area contributed by atoms with E-state index >= 15 is 0 Å². The van der Waals surface area contributed by atoms with Gasteiger partial charge in [-0.3, -0.25) is 0 Å². The monoisotopic (exact) mass is 738 g/mol. The van der Waals surface area contributed by atoms with Gasteiger partial charge >= 0.3 is 0 Å². The van der Waals surface area contributed by atoms with Crippen LogP contribution in [0.4, 0.5) is 17.1 Å². The minimum Gasteiger partial charge on any atom is -0.310 e. The van der Waals surface area contributed by atoms with Crippen molar-refractivity contribution in [3.63, 3.8) is 0 Å². The zero-order valence-electron chi connectivity index (χ0n) is 31.8. The Kier molecular flexibility index (Phi) is 8.19. The first-order valence-electron chi connectivity index (χ1n) is 19.9. The number of pyridine rings is 1. The van der Waals surface area contributed by atoms with E-state index in [4.69, 9.17) is 0 Å². The fourth-order valence-electron chi connectivity index (χ4n) is 8.90. The molecule has 272 valence electrons. The van der Waals surface area contributed by atoms with Crippen molar-refractivity contribution in [1.29, 1.82) is 0 Å². The molecule has 2 aromatic heterocycles. The van der Waals surface area contributed by atoms with Crippen molar-refractivity contribution in [1.82, 2.24) is 4.40 Å². The summed E-state index contributed by atoms with van der Waals surface area (Å²) in [7, 11) is 0. The molecular formula is C56H38N2. The summed E-state index contributed by atoms with van der Waals surface area (Å²) in [4.78, 5) is 2.37. The standard InChI is InChI=1S/C56H38N2/c1-4-16-39(17-5-1)41-28-33-46(34-29-41)57(48-37-30-40-18-10-11-23-45(40)38-48)47-35-31-43(32-36-47)53-54(42-19-6-2-7-20-42)56-51-26-13-12-24-49(51)50-25-14-15-27-52(50)58(56)55(53)44-21-8-3-9-22-44/h1-38H. The molecule has 0 unspecified atom stereocenters. The van der Waals surface area contributed by atoms with Crippen LogP contribution in [0.2, 0.25) is 0 Å². The molecule has 2 heteroatoms. The highest BCUT2D eigenvalue weighted by Gasteiger charge is 2.26. The zero-order chi connectivity index (χ0) is 38.4. The molecule has 0 aliphatic carbocycles. The first-order chi connectivity index (χ1) is 28.8. The fourth-order valence-corrected chi connectivity index (χ4v) is 8.90. The van der Waals surface area contributed by atoms with Crippen molar-refractivity contribution in [2.45, 2.75) is 0 Å². The van der Waals surface area contributed by atoms with Gasteiger partial charge in [0.25, 0.3) is 0 Å². The first-order valence-corrected chi connectivity index (χ1v) is 19.9. The van der Waals surface area contributed by atoms with Gasteiger partial charge in [0, 0.05) is 39.0 Å². The zero-order valence-corrected chi connectivity index (χ0v) is 31.8. The van der Waals surface area contributed by atoms with E-state index in [1.165, 1.54) is 77.0 Å². The van der Waals surface area contributed by atoms with Crippen LogP contribution in [-0.2, 0) is 0 Å². The highest BCUT2D eigenvalue weighted by molar-refractivity contribution is 6.20. The van der Waals surface area contributed by atoms with Crippen molar-refractivity contribution in [3.8, 4) is 44.6 Å². The number of anilines is 3. The molecule has 0 aliphatic rings. The van der Waals surface area contributed by atoms with Crippen LogP contribution in [0.15, 0.2) is 231 Å². The number of hydrogen-bond donors (Lipinski definition) is 0. The molecule has 0 bridgehead atoms. The number of benzene rings is 9. The molecule has 0 saturated carbocycles. The van der Waals surface area contributed by atoms with Gasteiger partial charge in [-0.05, 0) is 86.4 Å². The second kappa shape index (κ2) is 14.1. The second-order valence-corrected chi connectivity index (χ2v) is 14.9. The summed E-state index contributed by atoms with van der Waals surface area (Å²) in [5.41, 5.74) is 15.3. The van der Waals surface area contributed by atoms with E-state index in [-0.39, 0.29) is 0 Å². The van der Waals surface area contributed by atoms with E-state index in [0.29, 0.717) is 0 Å². The third-order valence-corrected chi connectivity index (χ3v) is 11.5. The molecule has 0 saturated heterocycles. The maximum Gasteiger partial charge on any atom is 0.0626 e. The van der Waals surface area contributed by atoms with Crippen LogP contribution in [-0.4, -0.2) is 4.40 Å². The lowest BCUT2D eigenvalue weighted by Crippen LogP contribution is -2.09. The molecule has 2 heterocycles. The third-order valence-electron chi connectivity index (χ3n) is 11.5. The minimum atomic E-state index is 1.09. The van der Waals surface area contributed by atoms with Gasteiger partial charge in [0.2, 0.25) is 0 Å². The van der Waals surface area contributed by atoms with E-state index in [1.54, 1.807) is 0 Å². The summed E-state index contributed by atoms with van der Waals surface area (Å²) in [6.07, 6.45) is 0. The molecule has 0 amide bonds. The normalized spacial score (nSPS) is 11.4. The lowest BCUT2D eigenvalue weighted by molar-refractivity contribution is 1.28.